The number of phenols is 1. The van der Waals surface area contributed by atoms with Crippen LogP contribution in [-0.2, 0) is 11.3 Å². The van der Waals surface area contributed by atoms with Crippen LogP contribution in [0.15, 0.2) is 23.2 Å². The number of aliphatic imine (C=N–C) groups is 1. The number of hydrogen-bond acceptors (Lipinski definition) is 4. The topological polar surface area (TPSA) is 95.0 Å². The standard InChI is InChI=1S/C20H33FN4O3/c1-7-20(8-2,25-18(27)28-19(3,4)5)13-24-17(22-6)23-12-14-9-10-16(26)15(21)11-14/h9-11,26H,7-8,12-13H2,1-6H3,(H,25,27)(H2,22,23,24). The maximum Gasteiger partial charge on any atom is 0.408 e. The fourth-order valence-corrected chi connectivity index (χ4v) is 2.56. The van der Waals surface area contributed by atoms with E-state index < -0.39 is 23.1 Å². The van der Waals surface area contributed by atoms with Gasteiger partial charge in [-0.05, 0) is 51.3 Å². The van der Waals surface area contributed by atoms with Crippen LogP contribution < -0.4 is 16.0 Å². The zero-order chi connectivity index (χ0) is 21.4. The summed E-state index contributed by atoms with van der Waals surface area (Å²) in [6, 6.07) is 4.21. The highest BCUT2D eigenvalue weighted by Gasteiger charge is 2.30. The number of nitrogens with one attached hydrogen (secondary N) is 3. The summed E-state index contributed by atoms with van der Waals surface area (Å²) in [5.41, 5.74) is -0.394. The smallest absolute Gasteiger partial charge is 0.408 e. The molecule has 0 saturated carbocycles. The number of guanidine groups is 1. The molecule has 1 aromatic carbocycles. The lowest BCUT2D eigenvalue weighted by Gasteiger charge is -2.34. The van der Waals surface area contributed by atoms with Crippen molar-refractivity contribution in [3.8, 4) is 5.75 Å². The summed E-state index contributed by atoms with van der Waals surface area (Å²) in [4.78, 5) is 16.4. The Hall–Kier alpha value is -2.51. The van der Waals surface area contributed by atoms with Crippen LogP contribution in [0.25, 0.3) is 0 Å². The molecule has 0 atom stereocenters. The van der Waals surface area contributed by atoms with Gasteiger partial charge in [0.25, 0.3) is 0 Å². The van der Waals surface area contributed by atoms with Gasteiger partial charge in [0.2, 0.25) is 0 Å². The van der Waals surface area contributed by atoms with Crippen molar-refractivity contribution in [3.63, 3.8) is 0 Å². The minimum absolute atomic E-state index is 0.335. The van der Waals surface area contributed by atoms with Gasteiger partial charge in [-0.2, -0.15) is 0 Å². The van der Waals surface area contributed by atoms with Crippen molar-refractivity contribution in [3.05, 3.63) is 29.6 Å². The van der Waals surface area contributed by atoms with E-state index in [1.54, 1.807) is 13.1 Å². The second kappa shape index (κ2) is 10.1. The summed E-state index contributed by atoms with van der Waals surface area (Å²) in [7, 11) is 1.63. The van der Waals surface area contributed by atoms with Crippen molar-refractivity contribution in [1.29, 1.82) is 0 Å². The number of halogens is 1. The van der Waals surface area contributed by atoms with Crippen molar-refractivity contribution in [1.82, 2.24) is 16.0 Å². The van der Waals surface area contributed by atoms with Gasteiger partial charge in [-0.15, -0.1) is 0 Å². The lowest BCUT2D eigenvalue weighted by Crippen LogP contribution is -2.57. The summed E-state index contributed by atoms with van der Waals surface area (Å²) >= 11 is 0. The van der Waals surface area contributed by atoms with Crippen LogP contribution in [0.4, 0.5) is 9.18 Å². The lowest BCUT2D eigenvalue weighted by molar-refractivity contribution is 0.0448. The summed E-state index contributed by atoms with van der Waals surface area (Å²) in [6.45, 7) is 10.2. The first-order chi connectivity index (χ1) is 13.0. The van der Waals surface area contributed by atoms with E-state index in [9.17, 15) is 14.3 Å². The maximum absolute atomic E-state index is 13.4. The SMILES string of the molecule is CCC(CC)(CNC(=NC)NCc1ccc(O)c(F)c1)NC(=O)OC(C)(C)C. The summed E-state index contributed by atoms with van der Waals surface area (Å²) in [5, 5.41) is 18.5. The summed E-state index contributed by atoms with van der Waals surface area (Å²) < 4.78 is 18.8. The number of aromatic hydroxyl groups is 1. The third kappa shape index (κ3) is 7.62. The molecule has 158 valence electrons. The molecule has 0 bridgehead atoms. The molecule has 1 aromatic rings. The number of carbonyl (C=O) groups excluding carboxylic acids is 1. The molecule has 0 aliphatic heterocycles. The molecular formula is C20H33FN4O3. The highest BCUT2D eigenvalue weighted by Crippen LogP contribution is 2.17. The molecule has 0 saturated heterocycles. The van der Waals surface area contributed by atoms with Gasteiger partial charge in [0, 0.05) is 20.1 Å². The molecule has 0 spiro atoms. The molecular weight excluding hydrogens is 363 g/mol. The van der Waals surface area contributed by atoms with E-state index >= 15 is 0 Å². The van der Waals surface area contributed by atoms with E-state index in [4.69, 9.17) is 4.74 Å². The normalized spacial score (nSPS) is 12.5. The van der Waals surface area contributed by atoms with E-state index in [0.29, 0.717) is 37.5 Å². The Labute approximate surface area is 166 Å². The average molecular weight is 397 g/mol. The van der Waals surface area contributed by atoms with Gasteiger partial charge in [0.15, 0.2) is 17.5 Å². The Morgan fingerprint density at radius 2 is 1.86 bits per heavy atom. The van der Waals surface area contributed by atoms with Gasteiger partial charge in [-0.25, -0.2) is 9.18 Å². The van der Waals surface area contributed by atoms with Crippen molar-refractivity contribution >= 4 is 12.1 Å². The monoisotopic (exact) mass is 396 g/mol. The average Bonchev–Trinajstić information content (AvgIpc) is 2.62. The Balaban J connectivity index is 2.68. The molecule has 28 heavy (non-hydrogen) atoms. The molecule has 0 fully saturated rings. The molecule has 7 nitrogen and oxygen atoms in total. The Morgan fingerprint density at radius 3 is 2.36 bits per heavy atom. The second-order valence-electron chi connectivity index (χ2n) is 7.68. The largest absolute Gasteiger partial charge is 0.505 e. The van der Waals surface area contributed by atoms with Crippen LogP contribution in [0.2, 0.25) is 0 Å². The minimum atomic E-state index is -0.667. The number of hydrogen-bond donors (Lipinski definition) is 4. The first-order valence-electron chi connectivity index (χ1n) is 9.47. The Kier molecular flexibility index (Phi) is 8.53. The molecule has 4 N–H and O–H groups in total. The molecule has 1 rings (SSSR count). The molecule has 0 radical (unpaired) electrons. The number of nitrogens with zero attached hydrogens (tertiary/aromatic N) is 1. The molecule has 0 aromatic heterocycles. The fourth-order valence-electron chi connectivity index (χ4n) is 2.56. The summed E-state index contributed by atoms with van der Waals surface area (Å²) in [5.74, 6) is -0.527. The number of phenolic OH excluding ortho intramolecular Hbond substituents is 1. The molecule has 0 unspecified atom stereocenters. The van der Waals surface area contributed by atoms with Crippen molar-refractivity contribution in [2.45, 2.75) is 65.1 Å². The molecule has 0 heterocycles. The number of carbonyl (C=O) groups is 1. The number of rotatable bonds is 7. The van der Waals surface area contributed by atoms with E-state index in [1.165, 1.54) is 12.1 Å². The highest BCUT2D eigenvalue weighted by atomic mass is 19.1. The van der Waals surface area contributed by atoms with E-state index in [0.717, 1.165) is 0 Å². The van der Waals surface area contributed by atoms with E-state index in [1.807, 2.05) is 34.6 Å². The second-order valence-corrected chi connectivity index (χ2v) is 7.68. The zero-order valence-corrected chi connectivity index (χ0v) is 17.6. The van der Waals surface area contributed by atoms with E-state index in [-0.39, 0.29) is 5.75 Å². The van der Waals surface area contributed by atoms with Gasteiger partial charge < -0.3 is 25.8 Å². The Morgan fingerprint density at radius 1 is 1.21 bits per heavy atom. The van der Waals surface area contributed by atoms with Crippen molar-refractivity contribution in [2.24, 2.45) is 4.99 Å². The minimum Gasteiger partial charge on any atom is -0.505 e. The Bertz CT molecular complexity index is 683. The molecule has 8 heteroatoms. The van der Waals surface area contributed by atoms with Gasteiger partial charge >= 0.3 is 6.09 Å². The number of benzene rings is 1. The molecule has 0 aliphatic rings. The highest BCUT2D eigenvalue weighted by molar-refractivity contribution is 5.79. The third-order valence-electron chi connectivity index (χ3n) is 4.41. The van der Waals surface area contributed by atoms with Crippen LogP contribution in [-0.4, -0.2) is 41.9 Å². The summed E-state index contributed by atoms with van der Waals surface area (Å²) in [6.07, 6.45) is 0.951. The quantitative estimate of drug-likeness (QED) is 0.419. The fraction of sp³-hybridized carbons (Fsp3) is 0.600. The van der Waals surface area contributed by atoms with Gasteiger partial charge in [-0.1, -0.05) is 19.9 Å². The number of amides is 1. The maximum atomic E-state index is 13.4. The predicted molar refractivity (Wildman–Crippen MR) is 109 cm³/mol. The first-order valence-corrected chi connectivity index (χ1v) is 9.47. The third-order valence-corrected chi connectivity index (χ3v) is 4.41. The zero-order valence-electron chi connectivity index (χ0n) is 17.6. The van der Waals surface area contributed by atoms with Crippen LogP contribution in [0.1, 0.15) is 53.0 Å². The molecule has 0 aliphatic carbocycles. The van der Waals surface area contributed by atoms with Gasteiger partial charge in [0.1, 0.15) is 5.60 Å². The number of alkyl carbamates (subject to hydrolysis) is 1. The van der Waals surface area contributed by atoms with Gasteiger partial charge in [-0.3, -0.25) is 4.99 Å². The van der Waals surface area contributed by atoms with Crippen LogP contribution in [0, 0.1) is 5.82 Å². The predicted octanol–water partition coefficient (Wildman–Crippen LogP) is 3.28. The van der Waals surface area contributed by atoms with Crippen LogP contribution in [0.3, 0.4) is 0 Å². The molecule has 1 amide bonds. The van der Waals surface area contributed by atoms with Crippen molar-refractivity contribution < 1.29 is 19.0 Å². The van der Waals surface area contributed by atoms with Crippen LogP contribution >= 0.6 is 0 Å². The lowest BCUT2D eigenvalue weighted by atomic mass is 9.93. The first kappa shape index (κ1) is 23.5. The van der Waals surface area contributed by atoms with Gasteiger partial charge in [0.05, 0.1) is 5.54 Å². The van der Waals surface area contributed by atoms with Crippen LogP contribution in [0.5, 0.6) is 5.75 Å². The number of ether oxygens (including phenoxy) is 1. The van der Waals surface area contributed by atoms with E-state index in [2.05, 4.69) is 20.9 Å². The van der Waals surface area contributed by atoms with Crippen molar-refractivity contribution in [2.75, 3.05) is 13.6 Å².